The number of pyridine rings is 1. The molecule has 4 nitrogen and oxygen atoms in total. The Morgan fingerprint density at radius 1 is 1.17 bits per heavy atom. The molecular formula is C20H27N3O. The molecule has 1 N–H and O–H groups in total. The van der Waals surface area contributed by atoms with E-state index in [1.54, 1.807) is 6.20 Å². The normalized spacial score (nSPS) is 12.0. The molecule has 0 spiro atoms. The van der Waals surface area contributed by atoms with Gasteiger partial charge in [0.25, 0.3) is 0 Å². The molecule has 1 aromatic carbocycles. The fourth-order valence-corrected chi connectivity index (χ4v) is 2.66. The SMILES string of the molecule is CC(C)[C@@H](NC(=O)CCc1ccc(N(C)C)cc1)c1cccnc1. The van der Waals surface area contributed by atoms with E-state index in [9.17, 15) is 4.79 Å². The first-order chi connectivity index (χ1) is 11.5. The van der Waals surface area contributed by atoms with Crippen LogP contribution < -0.4 is 10.2 Å². The van der Waals surface area contributed by atoms with Crippen LogP contribution in [0.25, 0.3) is 0 Å². The molecule has 0 unspecified atom stereocenters. The number of hydrogen-bond acceptors (Lipinski definition) is 3. The van der Waals surface area contributed by atoms with Crippen molar-refractivity contribution in [3.63, 3.8) is 0 Å². The van der Waals surface area contributed by atoms with Crippen LogP contribution in [0.4, 0.5) is 5.69 Å². The van der Waals surface area contributed by atoms with E-state index in [2.05, 4.69) is 53.3 Å². The fourth-order valence-electron chi connectivity index (χ4n) is 2.66. The molecule has 1 amide bonds. The Morgan fingerprint density at radius 3 is 2.42 bits per heavy atom. The van der Waals surface area contributed by atoms with Gasteiger partial charge in [-0.05, 0) is 41.7 Å². The minimum atomic E-state index is 0.00215. The highest BCUT2D eigenvalue weighted by molar-refractivity contribution is 5.76. The van der Waals surface area contributed by atoms with Gasteiger partial charge in [0.1, 0.15) is 0 Å². The quantitative estimate of drug-likeness (QED) is 0.846. The summed E-state index contributed by atoms with van der Waals surface area (Å²) < 4.78 is 0. The van der Waals surface area contributed by atoms with E-state index in [4.69, 9.17) is 0 Å². The molecule has 0 bridgehead atoms. The topological polar surface area (TPSA) is 45.2 Å². The molecule has 0 aliphatic rings. The molecule has 0 aliphatic heterocycles. The molecule has 24 heavy (non-hydrogen) atoms. The summed E-state index contributed by atoms with van der Waals surface area (Å²) >= 11 is 0. The Labute approximate surface area is 144 Å². The second kappa shape index (κ2) is 8.48. The van der Waals surface area contributed by atoms with Crippen LogP contribution in [0.5, 0.6) is 0 Å². The molecule has 0 fully saturated rings. The maximum absolute atomic E-state index is 12.3. The van der Waals surface area contributed by atoms with Crippen LogP contribution in [0.3, 0.4) is 0 Å². The predicted octanol–water partition coefficient (Wildman–Crippen LogP) is 3.59. The number of anilines is 1. The third-order valence-electron chi connectivity index (χ3n) is 4.12. The molecule has 2 aromatic rings. The van der Waals surface area contributed by atoms with Crippen molar-refractivity contribution in [1.29, 1.82) is 0 Å². The summed E-state index contributed by atoms with van der Waals surface area (Å²) in [5.74, 6) is 0.395. The number of hydrogen-bond donors (Lipinski definition) is 1. The standard InChI is InChI=1S/C20H27N3O/c1-15(2)20(17-6-5-13-21-14-17)22-19(24)12-9-16-7-10-18(11-8-16)23(3)4/h5-8,10-11,13-15,20H,9,12H2,1-4H3,(H,22,24)/t20-/m1/s1. The van der Waals surface area contributed by atoms with Crippen molar-refractivity contribution in [1.82, 2.24) is 10.3 Å². The van der Waals surface area contributed by atoms with Crippen molar-refractivity contribution in [2.45, 2.75) is 32.7 Å². The summed E-state index contributed by atoms with van der Waals surface area (Å²) in [5.41, 5.74) is 3.40. The summed E-state index contributed by atoms with van der Waals surface area (Å²) in [6, 6.07) is 12.3. The number of rotatable bonds is 7. The van der Waals surface area contributed by atoms with E-state index in [1.165, 1.54) is 11.3 Å². The van der Waals surface area contributed by atoms with E-state index in [0.717, 1.165) is 12.0 Å². The zero-order valence-electron chi connectivity index (χ0n) is 15.0. The summed E-state index contributed by atoms with van der Waals surface area (Å²) in [5, 5.41) is 3.15. The molecule has 0 saturated carbocycles. The summed E-state index contributed by atoms with van der Waals surface area (Å²) in [4.78, 5) is 18.6. The lowest BCUT2D eigenvalue weighted by Gasteiger charge is -2.22. The maximum atomic E-state index is 12.3. The first kappa shape index (κ1) is 18.0. The average Bonchev–Trinajstić information content (AvgIpc) is 2.58. The highest BCUT2D eigenvalue weighted by Gasteiger charge is 2.18. The largest absolute Gasteiger partial charge is 0.378 e. The van der Waals surface area contributed by atoms with Gasteiger partial charge >= 0.3 is 0 Å². The number of nitrogens with zero attached hydrogens (tertiary/aromatic N) is 2. The maximum Gasteiger partial charge on any atom is 0.220 e. The van der Waals surface area contributed by atoms with Crippen molar-refractivity contribution in [2.75, 3.05) is 19.0 Å². The molecule has 1 heterocycles. The highest BCUT2D eigenvalue weighted by Crippen LogP contribution is 2.21. The van der Waals surface area contributed by atoms with Crippen LogP contribution in [0.15, 0.2) is 48.8 Å². The lowest BCUT2D eigenvalue weighted by molar-refractivity contribution is -0.122. The van der Waals surface area contributed by atoms with Gasteiger partial charge in [-0.2, -0.15) is 0 Å². The van der Waals surface area contributed by atoms with Gasteiger partial charge in [-0.25, -0.2) is 0 Å². The van der Waals surface area contributed by atoms with Gasteiger partial charge < -0.3 is 10.2 Å². The van der Waals surface area contributed by atoms with Gasteiger partial charge in [0.05, 0.1) is 6.04 Å². The average molecular weight is 325 g/mol. The molecule has 0 saturated heterocycles. The van der Waals surface area contributed by atoms with E-state index in [1.807, 2.05) is 32.4 Å². The Balaban J connectivity index is 1.92. The van der Waals surface area contributed by atoms with Crippen LogP contribution >= 0.6 is 0 Å². The van der Waals surface area contributed by atoms with E-state index < -0.39 is 0 Å². The van der Waals surface area contributed by atoms with Gasteiger partial charge in [-0.3, -0.25) is 9.78 Å². The highest BCUT2D eigenvalue weighted by atomic mass is 16.1. The Hall–Kier alpha value is -2.36. The molecule has 1 aromatic heterocycles. The molecule has 1 atom stereocenters. The lowest BCUT2D eigenvalue weighted by atomic mass is 9.97. The smallest absolute Gasteiger partial charge is 0.220 e. The third-order valence-corrected chi connectivity index (χ3v) is 4.12. The fraction of sp³-hybridized carbons (Fsp3) is 0.400. The van der Waals surface area contributed by atoms with Gasteiger partial charge in [-0.1, -0.05) is 32.0 Å². The van der Waals surface area contributed by atoms with Crippen molar-refractivity contribution >= 4 is 11.6 Å². The number of aromatic nitrogens is 1. The van der Waals surface area contributed by atoms with Crippen molar-refractivity contribution in [3.05, 3.63) is 59.9 Å². The molecule has 0 aliphatic carbocycles. The van der Waals surface area contributed by atoms with Crippen LogP contribution in [0.2, 0.25) is 0 Å². The lowest BCUT2D eigenvalue weighted by Crippen LogP contribution is -2.31. The Morgan fingerprint density at radius 2 is 1.88 bits per heavy atom. The minimum absolute atomic E-state index is 0.00215. The zero-order chi connectivity index (χ0) is 17.5. The van der Waals surface area contributed by atoms with E-state index in [-0.39, 0.29) is 11.9 Å². The summed E-state index contributed by atoms with van der Waals surface area (Å²) in [7, 11) is 4.04. The molecule has 2 rings (SSSR count). The van der Waals surface area contributed by atoms with Crippen molar-refractivity contribution < 1.29 is 4.79 Å². The van der Waals surface area contributed by atoms with Gasteiger partial charge in [0.15, 0.2) is 0 Å². The Bertz CT molecular complexity index is 636. The van der Waals surface area contributed by atoms with Crippen LogP contribution in [-0.2, 0) is 11.2 Å². The van der Waals surface area contributed by atoms with E-state index >= 15 is 0 Å². The zero-order valence-corrected chi connectivity index (χ0v) is 15.0. The van der Waals surface area contributed by atoms with Crippen molar-refractivity contribution in [3.8, 4) is 0 Å². The first-order valence-corrected chi connectivity index (χ1v) is 8.43. The van der Waals surface area contributed by atoms with E-state index in [0.29, 0.717) is 12.3 Å². The molecule has 0 radical (unpaired) electrons. The second-order valence-electron chi connectivity index (χ2n) is 6.64. The number of benzene rings is 1. The van der Waals surface area contributed by atoms with Crippen LogP contribution in [0.1, 0.15) is 37.4 Å². The summed E-state index contributed by atoms with van der Waals surface area (Å²) in [6.45, 7) is 4.22. The molecule has 4 heteroatoms. The van der Waals surface area contributed by atoms with Gasteiger partial charge in [0.2, 0.25) is 5.91 Å². The van der Waals surface area contributed by atoms with Crippen LogP contribution in [0, 0.1) is 5.92 Å². The molecule has 128 valence electrons. The number of amides is 1. The third kappa shape index (κ3) is 5.08. The monoisotopic (exact) mass is 325 g/mol. The van der Waals surface area contributed by atoms with Crippen molar-refractivity contribution in [2.24, 2.45) is 5.92 Å². The number of nitrogens with one attached hydrogen (secondary N) is 1. The van der Waals surface area contributed by atoms with Crippen LogP contribution in [-0.4, -0.2) is 25.0 Å². The number of aryl methyl sites for hydroxylation is 1. The Kier molecular flexibility index (Phi) is 6.36. The second-order valence-corrected chi connectivity index (χ2v) is 6.64. The molecular weight excluding hydrogens is 298 g/mol. The van der Waals surface area contributed by atoms with Gasteiger partial charge in [0, 0.05) is 38.6 Å². The predicted molar refractivity (Wildman–Crippen MR) is 99.0 cm³/mol. The number of carbonyl (C=O) groups is 1. The summed E-state index contributed by atoms with van der Waals surface area (Å²) in [6.07, 6.45) is 4.81. The number of carbonyl (C=O) groups excluding carboxylic acids is 1. The minimum Gasteiger partial charge on any atom is -0.378 e. The first-order valence-electron chi connectivity index (χ1n) is 8.43. The van der Waals surface area contributed by atoms with Gasteiger partial charge in [-0.15, -0.1) is 0 Å².